The summed E-state index contributed by atoms with van der Waals surface area (Å²) in [6.07, 6.45) is 0. The lowest BCUT2D eigenvalue weighted by molar-refractivity contribution is -0.398. The van der Waals surface area contributed by atoms with Gasteiger partial charge in [-0.2, -0.15) is 22.0 Å². The summed E-state index contributed by atoms with van der Waals surface area (Å²) in [6.45, 7) is -0.566. The van der Waals surface area contributed by atoms with Gasteiger partial charge in [0.05, 0.1) is 0 Å². The molecule has 0 heterocycles. The van der Waals surface area contributed by atoms with Gasteiger partial charge in [-0.15, -0.1) is 0 Å². The Balaban J connectivity index is 5.54. The largest absolute Gasteiger partial charge is 0.373 e. The van der Waals surface area contributed by atoms with Crippen LogP contribution in [0.2, 0.25) is 0 Å². The van der Waals surface area contributed by atoms with Crippen molar-refractivity contribution in [3.8, 4) is 0 Å². The Morgan fingerprint density at radius 1 is 0.812 bits per heavy atom. The molecule has 1 unspecified atom stereocenters. The van der Waals surface area contributed by atoms with Crippen molar-refractivity contribution in [1.82, 2.24) is 0 Å². The molecule has 1 nitrogen and oxygen atoms in total. The molecule has 8 heteroatoms. The van der Waals surface area contributed by atoms with Crippen LogP contribution >= 0.6 is 0 Å². The third-order valence-electron chi connectivity index (χ3n) is 1.86. The highest BCUT2D eigenvalue weighted by molar-refractivity contribution is 5.01. The Hall–Kier alpha value is -0.530. The Labute approximate surface area is 87.6 Å². The van der Waals surface area contributed by atoms with E-state index in [2.05, 4.69) is 4.74 Å². The van der Waals surface area contributed by atoms with Crippen molar-refractivity contribution in [2.75, 3.05) is 6.61 Å². The predicted octanol–water partition coefficient (Wildman–Crippen LogP) is 3.63. The maximum absolute atomic E-state index is 13.4. The third kappa shape index (κ3) is 2.26. The second-order valence-corrected chi connectivity index (χ2v) is 3.38. The molecule has 0 saturated carbocycles. The van der Waals surface area contributed by atoms with E-state index in [4.69, 9.17) is 0 Å². The first kappa shape index (κ1) is 15.5. The van der Waals surface area contributed by atoms with E-state index in [1.54, 1.807) is 0 Å². The van der Waals surface area contributed by atoms with Gasteiger partial charge < -0.3 is 4.74 Å². The van der Waals surface area contributed by atoms with Crippen molar-refractivity contribution in [2.45, 2.75) is 44.4 Å². The molecule has 0 aliphatic rings. The van der Waals surface area contributed by atoms with E-state index >= 15 is 0 Å². The molecule has 0 saturated heterocycles. The Bertz CT molecular complexity index is 242. The van der Waals surface area contributed by atoms with Crippen molar-refractivity contribution >= 4 is 0 Å². The normalized spacial score (nSPS) is 18.4. The lowest BCUT2D eigenvalue weighted by Crippen LogP contribution is -2.64. The number of hydrogen-bond acceptors (Lipinski definition) is 1. The fourth-order valence-electron chi connectivity index (χ4n) is 0.974. The molecular formula is C8H11F7O. The van der Waals surface area contributed by atoms with Crippen LogP contribution < -0.4 is 0 Å². The lowest BCUT2D eigenvalue weighted by Gasteiger charge is -2.39. The summed E-state index contributed by atoms with van der Waals surface area (Å²) in [5.74, 6) is -20.4. The number of halogens is 7. The molecule has 0 aliphatic carbocycles. The van der Waals surface area contributed by atoms with Gasteiger partial charge in [-0.1, -0.05) is 0 Å². The van der Waals surface area contributed by atoms with Crippen LogP contribution in [0, 0.1) is 0 Å². The highest BCUT2D eigenvalue weighted by atomic mass is 19.3. The van der Waals surface area contributed by atoms with Crippen LogP contribution in [0.25, 0.3) is 0 Å². The van der Waals surface area contributed by atoms with Crippen LogP contribution in [0.4, 0.5) is 30.7 Å². The molecule has 0 rings (SSSR count). The zero-order valence-electron chi connectivity index (χ0n) is 8.76. The predicted molar refractivity (Wildman–Crippen MR) is 41.7 cm³/mol. The average molecular weight is 256 g/mol. The highest BCUT2D eigenvalue weighted by Gasteiger charge is 2.77. The average Bonchev–Trinajstić information content (AvgIpc) is 1.99. The maximum atomic E-state index is 13.4. The number of hydrogen-bond donors (Lipinski definition) is 0. The number of ether oxygens (including phenoxy) is 1. The Kier molecular flexibility index (Phi) is 3.91. The van der Waals surface area contributed by atoms with Gasteiger partial charge in [-0.3, -0.25) is 0 Å². The first-order valence-corrected chi connectivity index (χ1v) is 4.27. The van der Waals surface area contributed by atoms with Crippen LogP contribution in [-0.2, 0) is 4.74 Å². The SMILES string of the molecule is CCOC(F)(C(C)(F)F)C(F)(F)C(C)(F)F. The smallest absolute Gasteiger partial charge is 0.337 e. The molecule has 0 bridgehead atoms. The van der Waals surface area contributed by atoms with E-state index in [1.807, 2.05) is 0 Å². The van der Waals surface area contributed by atoms with Gasteiger partial charge in [0.15, 0.2) is 0 Å². The topological polar surface area (TPSA) is 9.23 Å². The van der Waals surface area contributed by atoms with Gasteiger partial charge in [-0.25, -0.2) is 8.78 Å². The van der Waals surface area contributed by atoms with Crippen LogP contribution in [0.15, 0.2) is 0 Å². The Morgan fingerprint density at radius 3 is 1.38 bits per heavy atom. The first-order chi connectivity index (χ1) is 6.81. The standard InChI is InChI=1S/C8H11F7O/c1-4-16-8(15,6(3,11)12)7(13,14)5(2,9)10/h4H2,1-3H3. The van der Waals surface area contributed by atoms with E-state index in [0.29, 0.717) is 0 Å². The minimum absolute atomic E-state index is 0.248. The van der Waals surface area contributed by atoms with E-state index in [0.717, 1.165) is 6.92 Å². The van der Waals surface area contributed by atoms with E-state index in [9.17, 15) is 30.7 Å². The van der Waals surface area contributed by atoms with Gasteiger partial charge in [0.2, 0.25) is 0 Å². The molecule has 1 atom stereocenters. The summed E-state index contributed by atoms with van der Waals surface area (Å²) < 4.78 is 93.0. The quantitative estimate of drug-likeness (QED) is 0.682. The summed E-state index contributed by atoms with van der Waals surface area (Å²) in [5.41, 5.74) is 0. The van der Waals surface area contributed by atoms with Crippen molar-refractivity contribution in [2.24, 2.45) is 0 Å². The van der Waals surface area contributed by atoms with Crippen LogP contribution in [0.3, 0.4) is 0 Å². The second kappa shape index (κ2) is 4.05. The molecular weight excluding hydrogens is 245 g/mol. The molecule has 0 spiro atoms. The van der Waals surface area contributed by atoms with Gasteiger partial charge in [0.25, 0.3) is 0 Å². The van der Waals surface area contributed by atoms with Crippen LogP contribution in [-0.4, -0.2) is 30.2 Å². The summed E-state index contributed by atoms with van der Waals surface area (Å²) in [5, 5.41) is 0. The molecule has 0 aromatic rings. The van der Waals surface area contributed by atoms with Crippen molar-refractivity contribution in [1.29, 1.82) is 0 Å². The van der Waals surface area contributed by atoms with E-state index < -0.39 is 30.2 Å². The van der Waals surface area contributed by atoms with E-state index in [-0.39, 0.29) is 13.8 Å². The molecule has 98 valence electrons. The minimum atomic E-state index is -5.64. The fourth-order valence-corrected chi connectivity index (χ4v) is 0.974. The summed E-state index contributed by atoms with van der Waals surface area (Å²) in [4.78, 5) is 0. The molecule has 0 aromatic heterocycles. The second-order valence-electron chi connectivity index (χ2n) is 3.38. The van der Waals surface area contributed by atoms with Gasteiger partial charge in [-0.05, 0) is 6.92 Å². The number of rotatable bonds is 5. The molecule has 0 aromatic carbocycles. The van der Waals surface area contributed by atoms with Gasteiger partial charge in [0, 0.05) is 20.5 Å². The zero-order chi connectivity index (χ0) is 13.4. The molecule has 16 heavy (non-hydrogen) atoms. The van der Waals surface area contributed by atoms with Gasteiger partial charge in [0.1, 0.15) is 0 Å². The third-order valence-corrected chi connectivity index (χ3v) is 1.86. The summed E-state index contributed by atoms with van der Waals surface area (Å²) in [7, 11) is 0. The van der Waals surface area contributed by atoms with Crippen LogP contribution in [0.5, 0.6) is 0 Å². The zero-order valence-corrected chi connectivity index (χ0v) is 8.76. The summed E-state index contributed by atoms with van der Waals surface area (Å²) in [6, 6.07) is 0. The molecule has 0 amide bonds. The molecule has 0 radical (unpaired) electrons. The molecule has 0 aliphatic heterocycles. The first-order valence-electron chi connectivity index (χ1n) is 4.27. The minimum Gasteiger partial charge on any atom is -0.337 e. The highest BCUT2D eigenvalue weighted by Crippen LogP contribution is 2.51. The molecule has 0 fully saturated rings. The lowest BCUT2D eigenvalue weighted by atomic mass is 9.99. The fraction of sp³-hybridized carbons (Fsp3) is 1.00. The number of alkyl halides is 7. The van der Waals surface area contributed by atoms with E-state index in [1.165, 1.54) is 0 Å². The van der Waals surface area contributed by atoms with Gasteiger partial charge >= 0.3 is 23.6 Å². The van der Waals surface area contributed by atoms with Crippen LogP contribution in [0.1, 0.15) is 20.8 Å². The van der Waals surface area contributed by atoms with Crippen molar-refractivity contribution in [3.63, 3.8) is 0 Å². The molecule has 0 N–H and O–H groups in total. The van der Waals surface area contributed by atoms with Crippen molar-refractivity contribution < 1.29 is 35.5 Å². The van der Waals surface area contributed by atoms with Crippen molar-refractivity contribution in [3.05, 3.63) is 0 Å². The summed E-state index contributed by atoms with van der Waals surface area (Å²) >= 11 is 0. The Morgan fingerprint density at radius 2 is 1.19 bits per heavy atom. The monoisotopic (exact) mass is 256 g/mol. The maximum Gasteiger partial charge on any atom is 0.373 e.